The second-order valence-electron chi connectivity index (χ2n) is 3.70. The minimum atomic E-state index is -0.849. The summed E-state index contributed by atoms with van der Waals surface area (Å²) in [6, 6.07) is 6.28. The first-order chi connectivity index (χ1) is 8.08. The van der Waals surface area contributed by atoms with Crippen LogP contribution in [0.1, 0.15) is 25.7 Å². The minimum absolute atomic E-state index is 0.0827. The predicted octanol–water partition coefficient (Wildman–Crippen LogP) is 1.98. The topological polar surface area (TPSA) is 86.6 Å². The maximum atomic E-state index is 11.4. The van der Waals surface area contributed by atoms with Gasteiger partial charge in [0.2, 0.25) is 5.91 Å². The largest absolute Gasteiger partial charge is 0.508 e. The van der Waals surface area contributed by atoms with Crippen LogP contribution in [0.25, 0.3) is 0 Å². The summed E-state index contributed by atoms with van der Waals surface area (Å²) in [5.41, 5.74) is 0.535. The number of carbonyl (C=O) groups excluding carboxylic acids is 1. The monoisotopic (exact) mass is 237 g/mol. The number of benzene rings is 1. The Hall–Kier alpha value is -2.04. The van der Waals surface area contributed by atoms with Gasteiger partial charge in [-0.3, -0.25) is 9.59 Å². The van der Waals surface area contributed by atoms with Crippen LogP contribution in [0.3, 0.4) is 0 Å². The van der Waals surface area contributed by atoms with E-state index in [0.717, 1.165) is 0 Å². The maximum absolute atomic E-state index is 11.4. The first kappa shape index (κ1) is 13.0. The molecule has 1 aromatic rings. The summed E-state index contributed by atoms with van der Waals surface area (Å²) in [7, 11) is 0. The lowest BCUT2D eigenvalue weighted by atomic mass is 10.2. The predicted molar refractivity (Wildman–Crippen MR) is 62.8 cm³/mol. The van der Waals surface area contributed by atoms with Crippen molar-refractivity contribution in [1.82, 2.24) is 0 Å². The van der Waals surface area contributed by atoms with E-state index in [2.05, 4.69) is 5.32 Å². The van der Waals surface area contributed by atoms with Crippen LogP contribution in [0.5, 0.6) is 5.75 Å². The number of hydrogen-bond acceptors (Lipinski definition) is 3. The molecular weight excluding hydrogens is 222 g/mol. The van der Waals surface area contributed by atoms with E-state index in [1.807, 2.05) is 0 Å². The summed E-state index contributed by atoms with van der Waals surface area (Å²) >= 11 is 0. The highest BCUT2D eigenvalue weighted by atomic mass is 16.4. The average Bonchev–Trinajstić information content (AvgIpc) is 2.24. The number of unbranched alkanes of at least 4 members (excludes halogenated alkanes) is 1. The first-order valence-corrected chi connectivity index (χ1v) is 5.38. The van der Waals surface area contributed by atoms with Gasteiger partial charge in [-0.1, -0.05) is 6.07 Å². The molecule has 0 fully saturated rings. The molecule has 1 amide bonds. The number of carbonyl (C=O) groups is 2. The van der Waals surface area contributed by atoms with Gasteiger partial charge in [0.15, 0.2) is 0 Å². The Labute approximate surface area is 99.1 Å². The Morgan fingerprint density at radius 1 is 1.18 bits per heavy atom. The van der Waals surface area contributed by atoms with E-state index in [9.17, 15) is 14.7 Å². The molecule has 5 nitrogen and oxygen atoms in total. The molecule has 0 saturated heterocycles. The normalized spacial score (nSPS) is 9.88. The summed E-state index contributed by atoms with van der Waals surface area (Å²) < 4.78 is 0. The van der Waals surface area contributed by atoms with Crippen LogP contribution in [-0.4, -0.2) is 22.1 Å². The third-order valence-electron chi connectivity index (χ3n) is 2.17. The quantitative estimate of drug-likeness (QED) is 0.660. The van der Waals surface area contributed by atoms with Crippen LogP contribution in [-0.2, 0) is 9.59 Å². The summed E-state index contributed by atoms with van der Waals surface area (Å²) in [4.78, 5) is 21.7. The Morgan fingerprint density at radius 3 is 2.53 bits per heavy atom. The van der Waals surface area contributed by atoms with Crippen molar-refractivity contribution in [2.45, 2.75) is 25.7 Å². The van der Waals surface area contributed by atoms with Crippen LogP contribution in [0.4, 0.5) is 5.69 Å². The molecule has 0 spiro atoms. The van der Waals surface area contributed by atoms with Gasteiger partial charge < -0.3 is 15.5 Å². The number of aliphatic carboxylic acids is 1. The lowest BCUT2D eigenvalue weighted by Gasteiger charge is -2.04. The molecule has 17 heavy (non-hydrogen) atoms. The molecule has 0 aromatic heterocycles. The Bertz CT molecular complexity index is 403. The van der Waals surface area contributed by atoms with Crippen LogP contribution in [0, 0.1) is 0 Å². The van der Waals surface area contributed by atoms with Crippen LogP contribution >= 0.6 is 0 Å². The van der Waals surface area contributed by atoms with Gasteiger partial charge in [-0.15, -0.1) is 0 Å². The zero-order chi connectivity index (χ0) is 12.7. The van der Waals surface area contributed by atoms with E-state index in [4.69, 9.17) is 5.11 Å². The van der Waals surface area contributed by atoms with Gasteiger partial charge in [0.1, 0.15) is 5.75 Å². The first-order valence-electron chi connectivity index (χ1n) is 5.38. The highest BCUT2D eigenvalue weighted by Gasteiger charge is 2.03. The number of amides is 1. The molecule has 5 heteroatoms. The van der Waals surface area contributed by atoms with Crippen molar-refractivity contribution in [1.29, 1.82) is 0 Å². The van der Waals surface area contributed by atoms with Gasteiger partial charge in [-0.25, -0.2) is 0 Å². The van der Waals surface area contributed by atoms with Crippen LogP contribution in [0.2, 0.25) is 0 Å². The number of aromatic hydroxyl groups is 1. The number of carboxylic acid groups (broad SMARTS) is 1. The van der Waals surface area contributed by atoms with Crippen molar-refractivity contribution < 1.29 is 19.8 Å². The molecule has 0 heterocycles. The van der Waals surface area contributed by atoms with Crippen molar-refractivity contribution >= 4 is 17.6 Å². The number of phenols is 1. The van der Waals surface area contributed by atoms with E-state index < -0.39 is 5.97 Å². The van der Waals surface area contributed by atoms with Gasteiger partial charge in [0.25, 0.3) is 0 Å². The summed E-state index contributed by atoms with van der Waals surface area (Å²) in [5.74, 6) is -0.937. The van der Waals surface area contributed by atoms with E-state index >= 15 is 0 Å². The van der Waals surface area contributed by atoms with E-state index in [1.165, 1.54) is 12.1 Å². The van der Waals surface area contributed by atoms with Gasteiger partial charge in [-0.2, -0.15) is 0 Å². The molecule has 0 aliphatic rings. The number of anilines is 1. The van der Waals surface area contributed by atoms with Crippen molar-refractivity contribution in [3.63, 3.8) is 0 Å². The van der Waals surface area contributed by atoms with Gasteiger partial charge >= 0.3 is 5.97 Å². The molecule has 92 valence electrons. The summed E-state index contributed by atoms with van der Waals surface area (Å²) in [5, 5.41) is 20.2. The smallest absolute Gasteiger partial charge is 0.303 e. The average molecular weight is 237 g/mol. The SMILES string of the molecule is O=C(O)CCCCC(=O)Nc1cccc(O)c1. The molecule has 0 aliphatic heterocycles. The minimum Gasteiger partial charge on any atom is -0.508 e. The molecule has 0 radical (unpaired) electrons. The van der Waals surface area contributed by atoms with Crippen LogP contribution in [0.15, 0.2) is 24.3 Å². The number of phenolic OH excluding ortho intramolecular Hbond substituents is 1. The Morgan fingerprint density at radius 2 is 1.88 bits per heavy atom. The third-order valence-corrected chi connectivity index (χ3v) is 2.17. The zero-order valence-corrected chi connectivity index (χ0v) is 9.35. The maximum Gasteiger partial charge on any atom is 0.303 e. The third kappa shape index (κ3) is 5.55. The van der Waals surface area contributed by atoms with Crippen molar-refractivity contribution in [3.8, 4) is 5.75 Å². The fourth-order valence-electron chi connectivity index (χ4n) is 1.37. The second-order valence-corrected chi connectivity index (χ2v) is 3.70. The summed E-state index contributed by atoms with van der Waals surface area (Å²) in [6.07, 6.45) is 1.39. The second kappa shape index (κ2) is 6.52. The highest BCUT2D eigenvalue weighted by molar-refractivity contribution is 5.90. The molecule has 0 aliphatic carbocycles. The van der Waals surface area contributed by atoms with E-state index in [-0.39, 0.29) is 24.5 Å². The van der Waals surface area contributed by atoms with Crippen molar-refractivity contribution in [3.05, 3.63) is 24.3 Å². The molecule has 1 rings (SSSR count). The molecular formula is C12H15NO4. The Kier molecular flexibility index (Phi) is 5.00. The van der Waals surface area contributed by atoms with Gasteiger partial charge in [-0.05, 0) is 25.0 Å². The standard InChI is InChI=1S/C12H15NO4/c14-10-5-3-4-9(8-10)13-11(15)6-1-2-7-12(16)17/h3-5,8,14H,1-2,6-7H2,(H,13,15)(H,16,17). The molecule has 3 N–H and O–H groups in total. The molecule has 0 unspecified atom stereocenters. The van der Waals surface area contributed by atoms with Crippen molar-refractivity contribution in [2.75, 3.05) is 5.32 Å². The van der Waals surface area contributed by atoms with Gasteiger partial charge in [0.05, 0.1) is 0 Å². The number of carboxylic acids is 1. The fourth-order valence-corrected chi connectivity index (χ4v) is 1.37. The molecule has 0 saturated carbocycles. The molecule has 0 atom stereocenters. The fraction of sp³-hybridized carbons (Fsp3) is 0.333. The van der Waals surface area contributed by atoms with Crippen LogP contribution < -0.4 is 5.32 Å². The van der Waals surface area contributed by atoms with Crippen molar-refractivity contribution in [2.24, 2.45) is 0 Å². The number of nitrogens with one attached hydrogen (secondary N) is 1. The zero-order valence-electron chi connectivity index (χ0n) is 9.35. The highest BCUT2D eigenvalue weighted by Crippen LogP contribution is 2.15. The molecule has 1 aromatic carbocycles. The lowest BCUT2D eigenvalue weighted by Crippen LogP contribution is -2.11. The Balaban J connectivity index is 2.27. The number of hydrogen-bond donors (Lipinski definition) is 3. The number of rotatable bonds is 6. The van der Waals surface area contributed by atoms with E-state index in [1.54, 1.807) is 12.1 Å². The lowest BCUT2D eigenvalue weighted by molar-refractivity contribution is -0.137. The molecule has 0 bridgehead atoms. The van der Waals surface area contributed by atoms with Gasteiger partial charge in [0, 0.05) is 24.6 Å². The van der Waals surface area contributed by atoms with E-state index in [0.29, 0.717) is 18.5 Å². The summed E-state index contributed by atoms with van der Waals surface area (Å²) in [6.45, 7) is 0.